The quantitative estimate of drug-likeness (QED) is 0.821. The number of fused-ring (bicyclic) bond motifs is 1. The average molecular weight is 293 g/mol. The van der Waals surface area contributed by atoms with Gasteiger partial charge in [0.25, 0.3) is 0 Å². The summed E-state index contributed by atoms with van der Waals surface area (Å²) < 4.78 is 36.9. The molecule has 1 amide bonds. The van der Waals surface area contributed by atoms with E-state index in [1.165, 1.54) is 0 Å². The first-order valence-electron chi connectivity index (χ1n) is 6.93. The van der Waals surface area contributed by atoms with Gasteiger partial charge in [-0.1, -0.05) is 25.7 Å². The molecule has 4 atom stereocenters. The first-order chi connectivity index (χ1) is 9.32. The molecule has 0 aromatic carbocycles. The van der Waals surface area contributed by atoms with E-state index < -0.39 is 30.0 Å². The second-order valence-corrected chi connectivity index (χ2v) is 5.68. The zero-order chi connectivity index (χ0) is 14.9. The van der Waals surface area contributed by atoms with Gasteiger partial charge in [0, 0.05) is 6.04 Å². The number of carboxylic acids is 1. The third-order valence-electron chi connectivity index (χ3n) is 4.52. The third-order valence-corrected chi connectivity index (χ3v) is 4.52. The van der Waals surface area contributed by atoms with Gasteiger partial charge < -0.3 is 10.4 Å². The van der Waals surface area contributed by atoms with Crippen LogP contribution in [-0.4, -0.2) is 29.2 Å². The molecule has 0 heterocycles. The van der Waals surface area contributed by atoms with E-state index >= 15 is 0 Å². The summed E-state index contributed by atoms with van der Waals surface area (Å²) in [6.07, 6.45) is 0.292. The lowest BCUT2D eigenvalue weighted by Crippen LogP contribution is -2.64. The van der Waals surface area contributed by atoms with Crippen LogP contribution in [0.25, 0.3) is 0 Å². The normalized spacial score (nSPS) is 34.1. The number of hydrogen-bond acceptors (Lipinski definition) is 2. The van der Waals surface area contributed by atoms with E-state index in [1.54, 1.807) is 0 Å². The molecule has 0 radical (unpaired) electrons. The molecule has 0 aliphatic heterocycles. The number of carboxylic acid groups (broad SMARTS) is 1. The molecule has 20 heavy (non-hydrogen) atoms. The molecule has 0 spiro atoms. The standard InChI is InChI=1S/C13H18F3NO3/c14-13(15,16)12(20)17-10-8-6-4-2-1-3-5-7(8)9(10)11(18)19/h7-10H,1-6H2,(H,17,20)(H,18,19)/t7-,8+,9-,10-/m0/s1. The van der Waals surface area contributed by atoms with Crippen LogP contribution >= 0.6 is 0 Å². The monoisotopic (exact) mass is 293 g/mol. The molecule has 2 aliphatic carbocycles. The molecule has 0 saturated heterocycles. The van der Waals surface area contributed by atoms with Crippen LogP contribution < -0.4 is 5.32 Å². The molecule has 0 aromatic heterocycles. The first kappa shape index (κ1) is 15.1. The maximum Gasteiger partial charge on any atom is 0.471 e. The van der Waals surface area contributed by atoms with Crippen LogP contribution in [0.5, 0.6) is 0 Å². The fourth-order valence-electron chi connectivity index (χ4n) is 3.59. The van der Waals surface area contributed by atoms with Gasteiger partial charge in [-0.2, -0.15) is 13.2 Å². The van der Waals surface area contributed by atoms with Crippen LogP contribution in [-0.2, 0) is 9.59 Å². The molecular formula is C13H18F3NO3. The zero-order valence-corrected chi connectivity index (χ0v) is 10.9. The van der Waals surface area contributed by atoms with Crippen LogP contribution in [0.3, 0.4) is 0 Å². The third kappa shape index (κ3) is 2.91. The number of hydrogen-bond donors (Lipinski definition) is 2. The van der Waals surface area contributed by atoms with Crippen LogP contribution in [0.4, 0.5) is 13.2 Å². The van der Waals surface area contributed by atoms with Crippen molar-refractivity contribution in [3.63, 3.8) is 0 Å². The molecule has 0 aromatic rings. The Kier molecular flexibility index (Phi) is 4.25. The summed E-state index contributed by atoms with van der Waals surface area (Å²) in [6.45, 7) is 0. The minimum atomic E-state index is -4.96. The topological polar surface area (TPSA) is 66.4 Å². The van der Waals surface area contributed by atoms with E-state index in [4.69, 9.17) is 0 Å². The minimum absolute atomic E-state index is 0.105. The summed E-state index contributed by atoms with van der Waals surface area (Å²) in [5.74, 6) is -4.27. The van der Waals surface area contributed by atoms with E-state index in [-0.39, 0.29) is 11.8 Å². The number of alkyl halides is 3. The lowest BCUT2D eigenvalue weighted by Gasteiger charge is -2.51. The van der Waals surface area contributed by atoms with Crippen molar-refractivity contribution in [2.75, 3.05) is 0 Å². The summed E-state index contributed by atoms with van der Waals surface area (Å²) in [6, 6.07) is -0.885. The number of carbonyl (C=O) groups is 2. The SMILES string of the molecule is O=C(O)[C@H]1[C@H]2CCCCCC[C@H]2[C@@H]1NC(=O)C(F)(F)F. The Hall–Kier alpha value is -1.27. The predicted molar refractivity (Wildman–Crippen MR) is 63.8 cm³/mol. The summed E-state index contributed by atoms with van der Waals surface area (Å²) in [5, 5.41) is 11.1. The zero-order valence-electron chi connectivity index (χ0n) is 10.9. The maximum absolute atomic E-state index is 12.3. The highest BCUT2D eigenvalue weighted by Crippen LogP contribution is 2.48. The van der Waals surface area contributed by atoms with E-state index in [9.17, 15) is 27.9 Å². The van der Waals surface area contributed by atoms with Gasteiger partial charge in [0.05, 0.1) is 5.92 Å². The highest BCUT2D eigenvalue weighted by molar-refractivity contribution is 5.83. The van der Waals surface area contributed by atoms with Crippen molar-refractivity contribution < 1.29 is 27.9 Å². The fraction of sp³-hybridized carbons (Fsp3) is 0.846. The molecule has 4 nitrogen and oxygen atoms in total. The molecule has 0 unspecified atom stereocenters. The van der Waals surface area contributed by atoms with Crippen molar-refractivity contribution in [2.45, 2.75) is 50.7 Å². The van der Waals surface area contributed by atoms with Crippen molar-refractivity contribution in [1.29, 1.82) is 0 Å². The minimum Gasteiger partial charge on any atom is -0.481 e. The Morgan fingerprint density at radius 1 is 1.00 bits per heavy atom. The molecule has 2 fully saturated rings. The summed E-state index contributed by atoms with van der Waals surface area (Å²) in [4.78, 5) is 22.3. The Labute approximate surface area is 114 Å². The lowest BCUT2D eigenvalue weighted by atomic mass is 9.56. The van der Waals surface area contributed by atoms with Gasteiger partial charge >= 0.3 is 18.1 Å². The first-order valence-corrected chi connectivity index (χ1v) is 6.93. The maximum atomic E-state index is 12.3. The summed E-state index contributed by atoms with van der Waals surface area (Å²) >= 11 is 0. The van der Waals surface area contributed by atoms with Crippen molar-refractivity contribution in [1.82, 2.24) is 5.32 Å². The van der Waals surface area contributed by atoms with Crippen molar-refractivity contribution in [3.05, 3.63) is 0 Å². The number of amides is 1. The lowest BCUT2D eigenvalue weighted by molar-refractivity contribution is -0.180. The van der Waals surface area contributed by atoms with Gasteiger partial charge in [-0.25, -0.2) is 0 Å². The van der Waals surface area contributed by atoms with Gasteiger partial charge in [-0.15, -0.1) is 0 Å². The van der Waals surface area contributed by atoms with E-state index in [0.717, 1.165) is 32.1 Å². The second-order valence-electron chi connectivity index (χ2n) is 5.68. The number of halogens is 3. The van der Waals surface area contributed by atoms with Crippen molar-refractivity contribution >= 4 is 11.9 Å². The Morgan fingerprint density at radius 3 is 2.05 bits per heavy atom. The van der Waals surface area contributed by atoms with Crippen molar-refractivity contribution in [3.8, 4) is 0 Å². The second kappa shape index (κ2) is 5.61. The highest BCUT2D eigenvalue weighted by Gasteiger charge is 2.55. The molecule has 7 heteroatoms. The molecule has 2 saturated carbocycles. The number of aliphatic carboxylic acids is 1. The van der Waals surface area contributed by atoms with Gasteiger partial charge in [0.1, 0.15) is 0 Å². The average Bonchev–Trinajstić information content (AvgIpc) is 2.29. The Morgan fingerprint density at radius 2 is 1.55 bits per heavy atom. The van der Waals surface area contributed by atoms with Gasteiger partial charge in [-0.05, 0) is 24.7 Å². The van der Waals surface area contributed by atoms with Gasteiger partial charge in [0.2, 0.25) is 0 Å². The molecule has 2 N–H and O–H groups in total. The molecule has 2 rings (SSSR count). The molecule has 114 valence electrons. The van der Waals surface area contributed by atoms with E-state index in [0.29, 0.717) is 6.42 Å². The predicted octanol–water partition coefficient (Wildman–Crippen LogP) is 2.33. The molecule has 2 aliphatic rings. The molecule has 0 bridgehead atoms. The van der Waals surface area contributed by atoms with E-state index in [2.05, 4.69) is 0 Å². The van der Waals surface area contributed by atoms with Crippen LogP contribution in [0.1, 0.15) is 38.5 Å². The summed E-state index contributed by atoms with van der Waals surface area (Å²) in [5.41, 5.74) is 0. The number of carbonyl (C=O) groups excluding carboxylic acids is 1. The largest absolute Gasteiger partial charge is 0.481 e. The van der Waals surface area contributed by atoms with Crippen LogP contribution in [0, 0.1) is 17.8 Å². The Bertz CT molecular complexity index is 397. The molecular weight excluding hydrogens is 275 g/mol. The van der Waals surface area contributed by atoms with Gasteiger partial charge in [-0.3, -0.25) is 9.59 Å². The smallest absolute Gasteiger partial charge is 0.471 e. The highest BCUT2D eigenvalue weighted by atomic mass is 19.4. The number of nitrogens with one attached hydrogen (secondary N) is 1. The summed E-state index contributed by atoms with van der Waals surface area (Å²) in [7, 11) is 0. The van der Waals surface area contributed by atoms with Crippen LogP contribution in [0.2, 0.25) is 0 Å². The van der Waals surface area contributed by atoms with Crippen LogP contribution in [0.15, 0.2) is 0 Å². The Balaban J connectivity index is 2.08. The number of rotatable bonds is 2. The van der Waals surface area contributed by atoms with E-state index in [1.807, 2.05) is 5.32 Å². The van der Waals surface area contributed by atoms with Crippen molar-refractivity contribution in [2.24, 2.45) is 17.8 Å². The fourth-order valence-corrected chi connectivity index (χ4v) is 3.59. The van der Waals surface area contributed by atoms with Gasteiger partial charge in [0.15, 0.2) is 0 Å².